The maximum atomic E-state index is 12.1. The van der Waals surface area contributed by atoms with Crippen molar-refractivity contribution in [3.8, 4) is 0 Å². The van der Waals surface area contributed by atoms with Crippen LogP contribution in [-0.4, -0.2) is 36.0 Å². The second-order valence-electron chi connectivity index (χ2n) is 4.29. The highest BCUT2D eigenvalue weighted by molar-refractivity contribution is 5.94. The molecule has 4 heteroatoms. The van der Waals surface area contributed by atoms with Gasteiger partial charge >= 0.3 is 0 Å². The van der Waals surface area contributed by atoms with Gasteiger partial charge in [-0.05, 0) is 18.9 Å². The van der Waals surface area contributed by atoms with Crippen LogP contribution in [0.1, 0.15) is 23.2 Å². The quantitative estimate of drug-likeness (QED) is 0.741. The summed E-state index contributed by atoms with van der Waals surface area (Å²) in [6.45, 7) is 1.81. The Balaban J connectivity index is 1.79. The molecule has 2 unspecified atom stereocenters. The van der Waals surface area contributed by atoms with E-state index < -0.39 is 0 Å². The van der Waals surface area contributed by atoms with Crippen molar-refractivity contribution in [2.24, 2.45) is 0 Å². The lowest BCUT2D eigenvalue weighted by molar-refractivity contribution is 0.0657. The number of fused-ring (bicyclic) bond motifs is 2. The SMILES string of the molecule is O=C(c1ccoc1)N1CCC2CC1CN2. The number of rotatable bonds is 1. The molecule has 80 valence electrons. The lowest BCUT2D eigenvalue weighted by Crippen LogP contribution is -2.44. The second kappa shape index (κ2) is 3.38. The highest BCUT2D eigenvalue weighted by Gasteiger charge is 2.36. The Labute approximate surface area is 88.2 Å². The molecule has 2 saturated heterocycles. The number of nitrogens with zero attached hydrogens (tertiary/aromatic N) is 1. The molecule has 0 saturated carbocycles. The summed E-state index contributed by atoms with van der Waals surface area (Å²) in [5.74, 6) is 0.107. The van der Waals surface area contributed by atoms with Crippen LogP contribution in [0, 0.1) is 0 Å². The zero-order valence-electron chi connectivity index (χ0n) is 8.48. The van der Waals surface area contributed by atoms with Crippen LogP contribution >= 0.6 is 0 Å². The molecule has 1 amide bonds. The number of hydrogen-bond acceptors (Lipinski definition) is 3. The van der Waals surface area contributed by atoms with Gasteiger partial charge in [0.25, 0.3) is 5.91 Å². The van der Waals surface area contributed by atoms with Gasteiger partial charge in [-0.25, -0.2) is 0 Å². The Bertz CT molecular complexity index is 361. The van der Waals surface area contributed by atoms with E-state index in [2.05, 4.69) is 5.32 Å². The van der Waals surface area contributed by atoms with Crippen LogP contribution in [0.5, 0.6) is 0 Å². The van der Waals surface area contributed by atoms with Crippen molar-refractivity contribution in [3.05, 3.63) is 24.2 Å². The van der Waals surface area contributed by atoms with Crippen LogP contribution in [0.4, 0.5) is 0 Å². The average Bonchev–Trinajstić information content (AvgIpc) is 2.88. The number of furan rings is 1. The van der Waals surface area contributed by atoms with Gasteiger partial charge in [-0.3, -0.25) is 4.79 Å². The van der Waals surface area contributed by atoms with Gasteiger partial charge in [-0.1, -0.05) is 0 Å². The smallest absolute Gasteiger partial charge is 0.257 e. The standard InChI is InChI=1S/C11H14N2O2/c14-11(8-2-4-15-7-8)13-3-1-9-5-10(13)6-12-9/h2,4,7,9-10,12H,1,3,5-6H2. The lowest BCUT2D eigenvalue weighted by atomic mass is 10.0. The lowest BCUT2D eigenvalue weighted by Gasteiger charge is -2.32. The topological polar surface area (TPSA) is 45.5 Å². The number of amides is 1. The largest absolute Gasteiger partial charge is 0.472 e. The molecule has 3 rings (SSSR count). The molecule has 3 heterocycles. The molecule has 0 aliphatic carbocycles. The van der Waals surface area contributed by atoms with Crippen LogP contribution in [0.25, 0.3) is 0 Å². The van der Waals surface area contributed by atoms with Gasteiger partial charge in [0.2, 0.25) is 0 Å². The van der Waals surface area contributed by atoms with Gasteiger partial charge in [0.05, 0.1) is 11.8 Å². The number of carbonyl (C=O) groups is 1. The van der Waals surface area contributed by atoms with Crippen molar-refractivity contribution in [2.75, 3.05) is 13.1 Å². The monoisotopic (exact) mass is 206 g/mol. The minimum Gasteiger partial charge on any atom is -0.472 e. The van der Waals surface area contributed by atoms with E-state index in [9.17, 15) is 4.79 Å². The predicted molar refractivity (Wildman–Crippen MR) is 54.6 cm³/mol. The van der Waals surface area contributed by atoms with E-state index in [0.717, 1.165) is 25.9 Å². The molecular weight excluding hydrogens is 192 g/mol. The van der Waals surface area contributed by atoms with Gasteiger partial charge in [0, 0.05) is 25.2 Å². The van der Waals surface area contributed by atoms with Crippen molar-refractivity contribution in [1.82, 2.24) is 10.2 Å². The third-order valence-corrected chi connectivity index (χ3v) is 3.39. The second-order valence-corrected chi connectivity index (χ2v) is 4.29. The number of nitrogens with one attached hydrogen (secondary N) is 1. The van der Waals surface area contributed by atoms with Gasteiger partial charge in [-0.15, -0.1) is 0 Å². The minimum absolute atomic E-state index is 0.107. The van der Waals surface area contributed by atoms with Crippen molar-refractivity contribution < 1.29 is 9.21 Å². The first-order valence-corrected chi connectivity index (χ1v) is 5.41. The average molecular weight is 206 g/mol. The zero-order chi connectivity index (χ0) is 10.3. The molecule has 0 spiro atoms. The molecule has 15 heavy (non-hydrogen) atoms. The first-order chi connectivity index (χ1) is 7.34. The molecule has 1 aromatic heterocycles. The molecular formula is C11H14N2O2. The normalized spacial score (nSPS) is 29.5. The predicted octanol–water partition coefficient (Wildman–Crippen LogP) is 0.856. The summed E-state index contributed by atoms with van der Waals surface area (Å²) in [5, 5.41) is 3.43. The molecule has 2 aliphatic heterocycles. The zero-order valence-corrected chi connectivity index (χ0v) is 8.48. The summed E-state index contributed by atoms with van der Waals surface area (Å²) in [6, 6.07) is 2.74. The Kier molecular flexibility index (Phi) is 2.02. The van der Waals surface area contributed by atoms with Crippen molar-refractivity contribution in [2.45, 2.75) is 24.9 Å². The molecule has 2 fully saturated rings. The van der Waals surface area contributed by atoms with E-state index in [1.165, 1.54) is 6.26 Å². The molecule has 2 bridgehead atoms. The van der Waals surface area contributed by atoms with Crippen LogP contribution in [0.2, 0.25) is 0 Å². The Morgan fingerprint density at radius 3 is 3.33 bits per heavy atom. The van der Waals surface area contributed by atoms with E-state index in [-0.39, 0.29) is 5.91 Å². The van der Waals surface area contributed by atoms with Crippen LogP contribution in [0.3, 0.4) is 0 Å². The third kappa shape index (κ3) is 1.45. The van der Waals surface area contributed by atoms with Gasteiger partial charge in [0.1, 0.15) is 6.26 Å². The van der Waals surface area contributed by atoms with Crippen LogP contribution < -0.4 is 5.32 Å². The molecule has 0 radical (unpaired) electrons. The van der Waals surface area contributed by atoms with Gasteiger partial charge < -0.3 is 14.6 Å². The first-order valence-electron chi connectivity index (χ1n) is 5.41. The van der Waals surface area contributed by atoms with Crippen molar-refractivity contribution >= 4 is 5.91 Å². The maximum absolute atomic E-state index is 12.1. The van der Waals surface area contributed by atoms with E-state index in [1.54, 1.807) is 12.3 Å². The summed E-state index contributed by atoms with van der Waals surface area (Å²) in [6.07, 6.45) is 5.24. The summed E-state index contributed by atoms with van der Waals surface area (Å²) in [5.41, 5.74) is 0.667. The fraction of sp³-hybridized carbons (Fsp3) is 0.545. The highest BCUT2D eigenvalue weighted by atomic mass is 16.3. The summed E-state index contributed by atoms with van der Waals surface area (Å²) in [4.78, 5) is 14.1. The molecule has 2 atom stereocenters. The molecule has 4 nitrogen and oxygen atoms in total. The molecule has 0 aromatic carbocycles. The number of likely N-dealkylation sites (tertiary alicyclic amines) is 1. The first kappa shape index (κ1) is 8.97. The van der Waals surface area contributed by atoms with Crippen molar-refractivity contribution in [3.63, 3.8) is 0 Å². The molecule has 1 aromatic rings. The van der Waals surface area contributed by atoms with E-state index >= 15 is 0 Å². The van der Waals surface area contributed by atoms with Crippen LogP contribution in [0.15, 0.2) is 23.0 Å². The van der Waals surface area contributed by atoms with Gasteiger partial charge in [-0.2, -0.15) is 0 Å². The van der Waals surface area contributed by atoms with Crippen LogP contribution in [-0.2, 0) is 0 Å². The number of piperidine rings is 1. The summed E-state index contributed by atoms with van der Waals surface area (Å²) >= 11 is 0. The Morgan fingerprint density at radius 1 is 1.60 bits per heavy atom. The third-order valence-electron chi connectivity index (χ3n) is 3.39. The highest BCUT2D eigenvalue weighted by Crippen LogP contribution is 2.24. The fourth-order valence-corrected chi connectivity index (χ4v) is 2.55. The molecule has 2 aliphatic rings. The van der Waals surface area contributed by atoms with E-state index in [1.807, 2.05) is 4.90 Å². The number of carbonyl (C=O) groups excluding carboxylic acids is 1. The maximum Gasteiger partial charge on any atom is 0.257 e. The van der Waals surface area contributed by atoms with Crippen molar-refractivity contribution in [1.29, 1.82) is 0 Å². The fourth-order valence-electron chi connectivity index (χ4n) is 2.55. The number of hydrogen-bond donors (Lipinski definition) is 1. The minimum atomic E-state index is 0.107. The van der Waals surface area contributed by atoms with Gasteiger partial charge in [0.15, 0.2) is 0 Å². The Morgan fingerprint density at radius 2 is 2.53 bits per heavy atom. The van der Waals surface area contributed by atoms with E-state index in [4.69, 9.17) is 4.42 Å². The molecule has 1 N–H and O–H groups in total. The Hall–Kier alpha value is -1.29. The summed E-state index contributed by atoms with van der Waals surface area (Å²) in [7, 11) is 0. The summed E-state index contributed by atoms with van der Waals surface area (Å²) < 4.78 is 4.94. The van der Waals surface area contributed by atoms with E-state index in [0.29, 0.717) is 17.6 Å².